The minimum atomic E-state index is -0.640. The molecule has 3 rings (SSSR count). The number of fused-ring (bicyclic) bond motifs is 1. The molecule has 0 aliphatic carbocycles. The van der Waals surface area contributed by atoms with E-state index in [1.165, 1.54) is 16.7 Å². The second-order valence-corrected chi connectivity index (χ2v) is 7.71. The number of carbonyl (C=O) groups excluding carboxylic acids is 4. The zero-order valence-electron chi connectivity index (χ0n) is 19.0. The van der Waals surface area contributed by atoms with Gasteiger partial charge in [-0.3, -0.25) is 14.4 Å². The average Bonchev–Trinajstić information content (AvgIpc) is 2.84. The Morgan fingerprint density at radius 3 is 2.45 bits per heavy atom. The molecule has 174 valence electrons. The Hall–Kier alpha value is -3.88. The van der Waals surface area contributed by atoms with Crippen LogP contribution in [-0.2, 0) is 14.3 Å². The van der Waals surface area contributed by atoms with Crippen LogP contribution in [-0.4, -0.2) is 55.4 Å². The topological polar surface area (TPSA) is 108 Å². The number of hydrogen-bond acceptors (Lipinski definition) is 5. The standard InChI is InChI=1S/C24H28N4O5/c1-4-25-24(32)33-21-13-14-28(15-22(30)27(3)20-8-6-5-7-19(20)21)23(31)17-9-11-18(12-10-17)26-16(2)29/h5-12,21H,4,13-15H2,1-3H3,(H,25,32)(H,26,29). The summed E-state index contributed by atoms with van der Waals surface area (Å²) in [5.74, 6) is -0.793. The largest absolute Gasteiger partial charge is 0.441 e. The highest BCUT2D eigenvalue weighted by Crippen LogP contribution is 2.32. The molecule has 33 heavy (non-hydrogen) atoms. The summed E-state index contributed by atoms with van der Waals surface area (Å²) in [4.78, 5) is 52.5. The highest BCUT2D eigenvalue weighted by molar-refractivity contribution is 6.01. The van der Waals surface area contributed by atoms with Gasteiger partial charge in [0.15, 0.2) is 0 Å². The van der Waals surface area contributed by atoms with E-state index in [1.807, 2.05) is 18.2 Å². The number of amides is 4. The number of carbonyl (C=O) groups is 4. The fourth-order valence-corrected chi connectivity index (χ4v) is 3.67. The molecule has 0 saturated carbocycles. The van der Waals surface area contributed by atoms with E-state index < -0.39 is 12.2 Å². The minimum absolute atomic E-state index is 0.120. The summed E-state index contributed by atoms with van der Waals surface area (Å²) in [6.45, 7) is 3.71. The Morgan fingerprint density at radius 1 is 1.09 bits per heavy atom. The Morgan fingerprint density at radius 2 is 1.79 bits per heavy atom. The lowest BCUT2D eigenvalue weighted by molar-refractivity contribution is -0.119. The number of rotatable bonds is 4. The molecule has 0 aromatic heterocycles. The van der Waals surface area contributed by atoms with Crippen LogP contribution in [0.4, 0.5) is 16.2 Å². The molecule has 1 unspecified atom stereocenters. The van der Waals surface area contributed by atoms with Crippen molar-refractivity contribution in [3.8, 4) is 0 Å². The zero-order chi connectivity index (χ0) is 24.0. The summed E-state index contributed by atoms with van der Waals surface area (Å²) in [7, 11) is 1.64. The first-order valence-corrected chi connectivity index (χ1v) is 10.8. The third-order valence-corrected chi connectivity index (χ3v) is 5.32. The number of ether oxygens (including phenoxy) is 1. The molecular formula is C24H28N4O5. The fraction of sp³-hybridized carbons (Fsp3) is 0.333. The van der Waals surface area contributed by atoms with Crippen molar-refractivity contribution in [2.75, 3.05) is 36.9 Å². The van der Waals surface area contributed by atoms with Crippen LogP contribution in [0.1, 0.15) is 42.3 Å². The maximum atomic E-state index is 13.2. The van der Waals surface area contributed by atoms with Gasteiger partial charge >= 0.3 is 6.09 Å². The van der Waals surface area contributed by atoms with Crippen LogP contribution in [0, 0.1) is 0 Å². The van der Waals surface area contributed by atoms with E-state index in [0.717, 1.165) is 0 Å². The number of benzene rings is 2. The van der Waals surface area contributed by atoms with E-state index in [2.05, 4.69) is 10.6 Å². The first-order chi connectivity index (χ1) is 15.8. The number of para-hydroxylation sites is 1. The van der Waals surface area contributed by atoms with Gasteiger partial charge in [-0.15, -0.1) is 0 Å². The molecule has 9 nitrogen and oxygen atoms in total. The number of nitrogens with zero attached hydrogens (tertiary/aromatic N) is 2. The molecule has 1 heterocycles. The SMILES string of the molecule is CCNC(=O)OC1CCN(C(=O)c2ccc(NC(C)=O)cc2)CC(=O)N(C)c2ccccc21. The van der Waals surface area contributed by atoms with Gasteiger partial charge in [0.25, 0.3) is 5.91 Å². The highest BCUT2D eigenvalue weighted by Gasteiger charge is 2.29. The van der Waals surface area contributed by atoms with Crippen molar-refractivity contribution in [2.24, 2.45) is 0 Å². The van der Waals surface area contributed by atoms with Crippen LogP contribution in [0.3, 0.4) is 0 Å². The molecule has 2 aromatic rings. The van der Waals surface area contributed by atoms with Crippen LogP contribution in [0.2, 0.25) is 0 Å². The fourth-order valence-electron chi connectivity index (χ4n) is 3.67. The van der Waals surface area contributed by atoms with E-state index in [0.29, 0.717) is 35.5 Å². The molecule has 2 aromatic carbocycles. The summed E-state index contributed by atoms with van der Waals surface area (Å²) in [6.07, 6.45) is -0.874. The lowest BCUT2D eigenvalue weighted by atomic mass is 10.0. The summed E-state index contributed by atoms with van der Waals surface area (Å²) >= 11 is 0. The van der Waals surface area contributed by atoms with E-state index in [9.17, 15) is 19.2 Å². The average molecular weight is 453 g/mol. The Bertz CT molecular complexity index is 1040. The molecule has 1 aliphatic rings. The van der Waals surface area contributed by atoms with Gasteiger partial charge in [-0.2, -0.15) is 0 Å². The molecule has 0 bridgehead atoms. The molecule has 0 radical (unpaired) electrons. The van der Waals surface area contributed by atoms with Crippen molar-refractivity contribution in [3.63, 3.8) is 0 Å². The molecule has 4 amide bonds. The van der Waals surface area contributed by atoms with Crippen LogP contribution in [0.25, 0.3) is 0 Å². The van der Waals surface area contributed by atoms with Gasteiger partial charge in [-0.05, 0) is 37.3 Å². The van der Waals surface area contributed by atoms with E-state index >= 15 is 0 Å². The summed E-state index contributed by atoms with van der Waals surface area (Å²) in [5.41, 5.74) is 2.29. The first-order valence-electron chi connectivity index (χ1n) is 10.8. The van der Waals surface area contributed by atoms with Crippen molar-refractivity contribution in [3.05, 3.63) is 59.7 Å². The lowest BCUT2D eigenvalue weighted by Crippen LogP contribution is -2.41. The molecule has 2 N–H and O–H groups in total. The van der Waals surface area contributed by atoms with Gasteiger partial charge in [0.05, 0.1) is 5.69 Å². The Kier molecular flexibility index (Phi) is 7.66. The maximum Gasteiger partial charge on any atom is 0.407 e. The molecule has 1 aliphatic heterocycles. The molecular weight excluding hydrogens is 424 g/mol. The smallest absolute Gasteiger partial charge is 0.407 e. The lowest BCUT2D eigenvalue weighted by Gasteiger charge is -2.24. The minimum Gasteiger partial charge on any atom is -0.441 e. The summed E-state index contributed by atoms with van der Waals surface area (Å²) < 4.78 is 5.65. The number of likely N-dealkylation sites (N-methyl/N-ethyl adjacent to an activating group) is 1. The third-order valence-electron chi connectivity index (χ3n) is 5.32. The van der Waals surface area contributed by atoms with Crippen LogP contribution < -0.4 is 15.5 Å². The Balaban J connectivity index is 1.88. The Labute approximate surface area is 192 Å². The predicted molar refractivity (Wildman–Crippen MR) is 124 cm³/mol. The molecule has 1 atom stereocenters. The number of anilines is 2. The van der Waals surface area contributed by atoms with Crippen LogP contribution in [0.5, 0.6) is 0 Å². The monoisotopic (exact) mass is 452 g/mol. The van der Waals surface area contributed by atoms with E-state index in [-0.39, 0.29) is 30.8 Å². The van der Waals surface area contributed by atoms with E-state index in [4.69, 9.17) is 4.74 Å². The molecule has 0 saturated heterocycles. The number of hydrogen-bond donors (Lipinski definition) is 2. The molecule has 9 heteroatoms. The quantitative estimate of drug-likeness (QED) is 0.742. The van der Waals surface area contributed by atoms with Gasteiger partial charge in [-0.25, -0.2) is 4.79 Å². The van der Waals surface area contributed by atoms with Gasteiger partial charge in [0.1, 0.15) is 12.6 Å². The van der Waals surface area contributed by atoms with Gasteiger partial charge in [0.2, 0.25) is 11.8 Å². The van der Waals surface area contributed by atoms with Gasteiger partial charge in [0, 0.05) is 50.3 Å². The van der Waals surface area contributed by atoms with Crippen LogP contribution >= 0.6 is 0 Å². The van der Waals surface area contributed by atoms with Gasteiger partial charge < -0.3 is 25.2 Å². The number of nitrogens with one attached hydrogen (secondary N) is 2. The van der Waals surface area contributed by atoms with Gasteiger partial charge in [-0.1, -0.05) is 18.2 Å². The maximum absolute atomic E-state index is 13.2. The van der Waals surface area contributed by atoms with Crippen molar-refractivity contribution in [1.82, 2.24) is 10.2 Å². The highest BCUT2D eigenvalue weighted by atomic mass is 16.6. The third kappa shape index (κ3) is 5.88. The molecule has 0 spiro atoms. The first kappa shape index (κ1) is 23.8. The summed E-state index contributed by atoms with van der Waals surface area (Å²) in [6, 6.07) is 13.7. The number of alkyl carbamates (subject to hydrolysis) is 1. The van der Waals surface area contributed by atoms with Crippen molar-refractivity contribution in [2.45, 2.75) is 26.4 Å². The summed E-state index contributed by atoms with van der Waals surface area (Å²) in [5, 5.41) is 5.28. The van der Waals surface area contributed by atoms with Crippen LogP contribution in [0.15, 0.2) is 48.5 Å². The second-order valence-electron chi connectivity index (χ2n) is 7.71. The van der Waals surface area contributed by atoms with E-state index in [1.54, 1.807) is 44.3 Å². The van der Waals surface area contributed by atoms with Crippen molar-refractivity contribution in [1.29, 1.82) is 0 Å². The normalized spacial score (nSPS) is 16.1. The predicted octanol–water partition coefficient (Wildman–Crippen LogP) is 2.94. The zero-order valence-corrected chi connectivity index (χ0v) is 19.0. The molecule has 0 fully saturated rings. The van der Waals surface area contributed by atoms with Crippen molar-refractivity contribution < 1.29 is 23.9 Å². The van der Waals surface area contributed by atoms with Crippen molar-refractivity contribution >= 4 is 35.2 Å². The second kappa shape index (κ2) is 10.6.